The average molecular weight is 287 g/mol. The van der Waals surface area contributed by atoms with Crippen LogP contribution in [0.1, 0.15) is 10.5 Å². The zero-order valence-corrected chi connectivity index (χ0v) is 11.3. The lowest BCUT2D eigenvalue weighted by atomic mass is 10.2. The number of benzene rings is 1. The van der Waals surface area contributed by atoms with Crippen molar-refractivity contribution in [3.63, 3.8) is 0 Å². The molecule has 3 N–H and O–H groups in total. The molecule has 2 aromatic rings. The van der Waals surface area contributed by atoms with Gasteiger partial charge in [-0.05, 0) is 42.6 Å². The molecular weight excluding hydrogens is 273 g/mol. The minimum Gasteiger partial charge on any atom is -0.361 e. The smallest absolute Gasteiger partial charge is 0.271 e. The number of carbonyl (C=O) groups is 1. The summed E-state index contributed by atoms with van der Waals surface area (Å²) < 4.78 is 18.4. The van der Waals surface area contributed by atoms with E-state index in [1.807, 2.05) is 0 Å². The maximum absolute atomic E-state index is 13.2. The third kappa shape index (κ3) is 2.66. The molecule has 0 aliphatic carbocycles. The topological polar surface area (TPSA) is 66.2 Å². The van der Waals surface area contributed by atoms with Crippen LogP contribution in [0.5, 0.6) is 0 Å². The first-order chi connectivity index (χ1) is 10.2. The molecule has 2 heterocycles. The van der Waals surface area contributed by atoms with Crippen molar-refractivity contribution >= 4 is 16.8 Å². The predicted molar refractivity (Wildman–Crippen MR) is 76.9 cm³/mol. The quantitative estimate of drug-likeness (QED) is 0.809. The predicted octanol–water partition coefficient (Wildman–Crippen LogP) is 2.01. The first-order valence-corrected chi connectivity index (χ1v) is 6.42. The fourth-order valence-corrected chi connectivity index (χ4v) is 2.20. The van der Waals surface area contributed by atoms with Gasteiger partial charge in [0.15, 0.2) is 6.23 Å². The van der Waals surface area contributed by atoms with Gasteiger partial charge >= 0.3 is 0 Å². The Morgan fingerprint density at radius 2 is 2.24 bits per heavy atom. The lowest BCUT2D eigenvalue weighted by Crippen LogP contribution is -2.39. The van der Waals surface area contributed by atoms with Crippen LogP contribution in [0.25, 0.3) is 10.9 Å². The summed E-state index contributed by atoms with van der Waals surface area (Å²) in [5.41, 5.74) is 1.68. The summed E-state index contributed by atoms with van der Waals surface area (Å²) >= 11 is 0. The number of aromatic nitrogens is 1. The van der Waals surface area contributed by atoms with Crippen molar-refractivity contribution in [1.82, 2.24) is 15.6 Å². The van der Waals surface area contributed by atoms with Crippen LogP contribution in [0.4, 0.5) is 4.39 Å². The average Bonchev–Trinajstić information content (AvgIpc) is 2.91. The summed E-state index contributed by atoms with van der Waals surface area (Å²) in [5, 5.41) is 6.39. The molecule has 6 heteroatoms. The van der Waals surface area contributed by atoms with Gasteiger partial charge in [0.05, 0.1) is 5.70 Å². The van der Waals surface area contributed by atoms with Gasteiger partial charge < -0.3 is 20.4 Å². The van der Waals surface area contributed by atoms with Crippen LogP contribution in [0, 0.1) is 5.82 Å². The minimum atomic E-state index is -0.402. The van der Waals surface area contributed by atoms with Gasteiger partial charge in [-0.2, -0.15) is 0 Å². The number of hydrogen-bond donors (Lipinski definition) is 3. The van der Waals surface area contributed by atoms with Crippen molar-refractivity contribution in [3.8, 4) is 0 Å². The van der Waals surface area contributed by atoms with Gasteiger partial charge in [0.25, 0.3) is 5.91 Å². The van der Waals surface area contributed by atoms with E-state index in [1.165, 1.54) is 12.1 Å². The molecule has 0 saturated carbocycles. The summed E-state index contributed by atoms with van der Waals surface area (Å²) in [7, 11) is 1.54. The molecule has 108 valence electrons. The maximum atomic E-state index is 13.2. The summed E-state index contributed by atoms with van der Waals surface area (Å²) in [4.78, 5) is 15.2. The van der Waals surface area contributed by atoms with Gasteiger partial charge in [0, 0.05) is 18.0 Å². The molecule has 0 saturated heterocycles. The second-order valence-electron chi connectivity index (χ2n) is 4.63. The Morgan fingerprint density at radius 1 is 1.38 bits per heavy atom. The zero-order chi connectivity index (χ0) is 14.8. The molecule has 1 atom stereocenters. The number of rotatable bonds is 3. The summed E-state index contributed by atoms with van der Waals surface area (Å²) in [5.74, 6) is -0.644. The Kier molecular flexibility index (Phi) is 3.45. The van der Waals surface area contributed by atoms with Crippen molar-refractivity contribution < 1.29 is 13.9 Å². The highest BCUT2D eigenvalue weighted by Gasteiger charge is 2.18. The van der Waals surface area contributed by atoms with Crippen LogP contribution < -0.4 is 10.6 Å². The van der Waals surface area contributed by atoms with Gasteiger partial charge in [-0.1, -0.05) is 0 Å². The molecule has 0 spiro atoms. The van der Waals surface area contributed by atoms with Crippen LogP contribution in [-0.2, 0) is 4.74 Å². The van der Waals surface area contributed by atoms with Gasteiger partial charge in [-0.3, -0.25) is 4.79 Å². The van der Waals surface area contributed by atoms with E-state index in [9.17, 15) is 9.18 Å². The van der Waals surface area contributed by atoms with Crippen LogP contribution in [0.3, 0.4) is 0 Å². The largest absolute Gasteiger partial charge is 0.361 e. The van der Waals surface area contributed by atoms with Crippen molar-refractivity contribution in [3.05, 3.63) is 59.8 Å². The number of aromatic amines is 1. The van der Waals surface area contributed by atoms with Crippen LogP contribution in [0.2, 0.25) is 0 Å². The van der Waals surface area contributed by atoms with E-state index in [-0.39, 0.29) is 11.7 Å². The molecule has 1 aromatic heterocycles. The lowest BCUT2D eigenvalue weighted by Gasteiger charge is -2.22. The van der Waals surface area contributed by atoms with E-state index < -0.39 is 6.23 Å². The highest BCUT2D eigenvalue weighted by molar-refractivity contribution is 5.98. The number of fused-ring (bicyclic) bond motifs is 1. The number of nitrogens with one attached hydrogen (secondary N) is 3. The third-order valence-electron chi connectivity index (χ3n) is 3.22. The van der Waals surface area contributed by atoms with Crippen LogP contribution >= 0.6 is 0 Å². The first kappa shape index (κ1) is 13.4. The van der Waals surface area contributed by atoms with E-state index in [2.05, 4.69) is 15.6 Å². The second kappa shape index (κ2) is 5.41. The van der Waals surface area contributed by atoms with Gasteiger partial charge in [-0.25, -0.2) is 4.39 Å². The van der Waals surface area contributed by atoms with Crippen molar-refractivity contribution in [2.24, 2.45) is 0 Å². The summed E-state index contributed by atoms with van der Waals surface area (Å²) in [6, 6.07) is 5.94. The molecule has 3 rings (SSSR count). The zero-order valence-electron chi connectivity index (χ0n) is 11.3. The van der Waals surface area contributed by atoms with Crippen molar-refractivity contribution in [2.45, 2.75) is 6.23 Å². The van der Waals surface area contributed by atoms with E-state index in [4.69, 9.17) is 4.74 Å². The van der Waals surface area contributed by atoms with E-state index in [0.717, 1.165) is 0 Å². The normalized spacial score (nSPS) is 17.4. The lowest BCUT2D eigenvalue weighted by molar-refractivity contribution is 0.0878. The van der Waals surface area contributed by atoms with Gasteiger partial charge in [0.2, 0.25) is 0 Å². The first-order valence-electron chi connectivity index (χ1n) is 6.42. The highest BCUT2D eigenvalue weighted by atomic mass is 19.1. The second-order valence-corrected chi connectivity index (χ2v) is 4.63. The minimum absolute atomic E-state index is 0.308. The maximum Gasteiger partial charge on any atom is 0.271 e. The SMILES string of the molecule is COC1NC=CC=C1NC(=O)c1cc2cc(F)ccc2[nH]1. The Labute approximate surface area is 120 Å². The number of dihydropyridines is 1. The Bertz CT molecular complexity index is 748. The number of H-pyrrole nitrogens is 1. The number of carbonyl (C=O) groups excluding carboxylic acids is 1. The number of methoxy groups -OCH3 is 1. The number of amides is 1. The Hall–Kier alpha value is -2.60. The number of halogens is 1. The molecule has 1 amide bonds. The van der Waals surface area contributed by atoms with Crippen molar-refractivity contribution in [2.75, 3.05) is 7.11 Å². The summed E-state index contributed by atoms with van der Waals surface area (Å²) in [6.07, 6.45) is 4.85. The molecule has 1 aliphatic rings. The number of hydrogen-bond acceptors (Lipinski definition) is 3. The van der Waals surface area contributed by atoms with E-state index in [1.54, 1.807) is 37.6 Å². The Balaban J connectivity index is 1.83. The molecule has 21 heavy (non-hydrogen) atoms. The van der Waals surface area contributed by atoms with Crippen LogP contribution in [0.15, 0.2) is 48.3 Å². The van der Waals surface area contributed by atoms with Gasteiger partial charge in [-0.15, -0.1) is 0 Å². The fraction of sp³-hybridized carbons (Fsp3) is 0.133. The molecule has 0 bridgehead atoms. The van der Waals surface area contributed by atoms with Crippen LogP contribution in [-0.4, -0.2) is 24.2 Å². The molecule has 1 aliphatic heterocycles. The van der Waals surface area contributed by atoms with Crippen molar-refractivity contribution in [1.29, 1.82) is 0 Å². The fourth-order valence-electron chi connectivity index (χ4n) is 2.20. The third-order valence-corrected chi connectivity index (χ3v) is 3.22. The number of ether oxygens (including phenoxy) is 1. The Morgan fingerprint density at radius 3 is 3.05 bits per heavy atom. The van der Waals surface area contributed by atoms with E-state index >= 15 is 0 Å². The molecule has 0 radical (unpaired) electrons. The molecule has 1 unspecified atom stereocenters. The molecule has 1 aromatic carbocycles. The molecule has 5 nitrogen and oxygen atoms in total. The number of allylic oxidation sites excluding steroid dienone is 2. The summed E-state index contributed by atoms with van der Waals surface area (Å²) in [6.45, 7) is 0. The standard InChI is InChI=1S/C15H14FN3O2/c1-21-15-12(3-2-6-17-15)19-14(20)13-8-9-7-10(16)4-5-11(9)18-13/h2-8,15,17-18H,1H3,(H,19,20). The molecule has 0 fully saturated rings. The monoisotopic (exact) mass is 287 g/mol. The molecular formula is C15H14FN3O2. The van der Waals surface area contributed by atoms with Gasteiger partial charge in [0.1, 0.15) is 11.5 Å². The highest BCUT2D eigenvalue weighted by Crippen LogP contribution is 2.17. The van der Waals surface area contributed by atoms with E-state index in [0.29, 0.717) is 22.3 Å².